The van der Waals surface area contributed by atoms with Gasteiger partial charge in [0.1, 0.15) is 5.69 Å². The normalized spacial score (nSPS) is 17.5. The van der Waals surface area contributed by atoms with Gasteiger partial charge in [0.2, 0.25) is 10.0 Å². The van der Waals surface area contributed by atoms with Crippen molar-refractivity contribution in [1.82, 2.24) is 20.1 Å². The van der Waals surface area contributed by atoms with E-state index in [9.17, 15) is 13.2 Å². The average Bonchev–Trinajstić information content (AvgIpc) is 3.12. The third kappa shape index (κ3) is 4.32. The van der Waals surface area contributed by atoms with E-state index in [4.69, 9.17) is 0 Å². The summed E-state index contributed by atoms with van der Waals surface area (Å²) in [5.41, 5.74) is 5.82. The van der Waals surface area contributed by atoms with Crippen LogP contribution in [0.2, 0.25) is 0 Å². The molecule has 1 aromatic heterocycles. The van der Waals surface area contributed by atoms with Gasteiger partial charge in [0.25, 0.3) is 5.91 Å². The number of aromatic amines is 1. The van der Waals surface area contributed by atoms with Crippen LogP contribution < -0.4 is 10.0 Å². The number of sulfonamides is 1. The third-order valence-electron chi connectivity index (χ3n) is 5.62. The summed E-state index contributed by atoms with van der Waals surface area (Å²) in [6, 6.07) is 13.6. The number of rotatable bonds is 4. The second kappa shape index (κ2) is 7.49. The maximum atomic E-state index is 12.3. The molecule has 9 heteroatoms. The zero-order chi connectivity index (χ0) is 22.4. The molecule has 2 heterocycles. The van der Waals surface area contributed by atoms with Crippen molar-refractivity contribution in [3.05, 3.63) is 64.8 Å². The number of H-pyrrole nitrogens is 1. The van der Waals surface area contributed by atoms with E-state index < -0.39 is 15.9 Å². The Morgan fingerprint density at radius 1 is 1.16 bits per heavy atom. The molecule has 3 N–H and O–H groups in total. The van der Waals surface area contributed by atoms with Crippen molar-refractivity contribution < 1.29 is 13.2 Å². The molecule has 162 valence electrons. The molecular weight excluding hydrogens is 414 g/mol. The van der Waals surface area contributed by atoms with Crippen molar-refractivity contribution in [1.29, 1.82) is 0 Å². The summed E-state index contributed by atoms with van der Waals surface area (Å²) < 4.78 is 24.8. The van der Waals surface area contributed by atoms with Gasteiger partial charge >= 0.3 is 0 Å². The number of aromatic nitrogens is 3. The van der Waals surface area contributed by atoms with E-state index >= 15 is 0 Å². The predicted octanol–water partition coefficient (Wildman–Crippen LogP) is 3.30. The topological polar surface area (TPSA) is 117 Å². The highest BCUT2D eigenvalue weighted by Crippen LogP contribution is 2.44. The van der Waals surface area contributed by atoms with Crippen LogP contribution >= 0.6 is 0 Å². The Bertz CT molecular complexity index is 1260. The molecule has 0 aliphatic carbocycles. The third-order valence-corrected chi connectivity index (χ3v) is 6.17. The maximum Gasteiger partial charge on any atom is 0.264 e. The number of nitrogens with zero attached hydrogens (tertiary/aromatic N) is 2. The molecule has 8 nitrogen and oxygen atoms in total. The van der Waals surface area contributed by atoms with Crippen LogP contribution in [0.15, 0.2) is 42.5 Å². The van der Waals surface area contributed by atoms with Crippen LogP contribution in [0.4, 0.5) is 5.69 Å². The van der Waals surface area contributed by atoms with Gasteiger partial charge in [-0.25, -0.2) is 13.1 Å². The number of benzene rings is 2. The van der Waals surface area contributed by atoms with Crippen molar-refractivity contribution in [2.24, 2.45) is 0 Å². The average molecular weight is 440 g/mol. The van der Waals surface area contributed by atoms with Gasteiger partial charge in [0.05, 0.1) is 18.0 Å². The first-order chi connectivity index (χ1) is 14.5. The molecule has 0 saturated heterocycles. The molecule has 1 atom stereocenters. The van der Waals surface area contributed by atoms with Gasteiger partial charge < -0.3 is 5.32 Å². The molecule has 1 aliphatic heterocycles. The SMILES string of the molecule is Cc1n[nH]nc1-c1cccc(C2CC(C)(C)c3cc(C(=O)NS(C)(=O)=O)ccc3N2)c1. The van der Waals surface area contributed by atoms with E-state index in [1.807, 2.05) is 29.8 Å². The standard InChI is InChI=1S/C22H25N5O3S/c1-13-20(25-27-24-13)15-7-5-6-14(10-15)19-12-22(2,3)17-11-16(8-9-18(17)23-19)21(28)26-31(4,29)30/h5-11,19,23H,12H2,1-4H3,(H,26,28)(H,24,25,27). The molecule has 1 aliphatic rings. The minimum Gasteiger partial charge on any atom is -0.378 e. The minimum absolute atomic E-state index is 0.0744. The second-order valence-electron chi connectivity index (χ2n) is 8.63. The molecule has 0 fully saturated rings. The predicted molar refractivity (Wildman–Crippen MR) is 119 cm³/mol. The highest BCUT2D eigenvalue weighted by molar-refractivity contribution is 7.89. The largest absolute Gasteiger partial charge is 0.378 e. The Morgan fingerprint density at radius 2 is 1.94 bits per heavy atom. The molecule has 1 unspecified atom stereocenters. The van der Waals surface area contributed by atoms with Crippen LogP contribution in [0, 0.1) is 6.92 Å². The van der Waals surface area contributed by atoms with Gasteiger partial charge in [0.15, 0.2) is 0 Å². The van der Waals surface area contributed by atoms with Crippen LogP contribution in [-0.2, 0) is 15.4 Å². The van der Waals surface area contributed by atoms with Crippen LogP contribution in [0.25, 0.3) is 11.3 Å². The molecule has 2 aromatic carbocycles. The highest BCUT2D eigenvalue weighted by atomic mass is 32.2. The van der Waals surface area contributed by atoms with E-state index in [-0.39, 0.29) is 11.5 Å². The number of amides is 1. The van der Waals surface area contributed by atoms with Crippen LogP contribution in [-0.4, -0.2) is 36.0 Å². The Labute approximate surface area is 181 Å². The number of carbonyl (C=O) groups is 1. The first kappa shape index (κ1) is 21.0. The Balaban J connectivity index is 1.65. The number of hydrogen-bond acceptors (Lipinski definition) is 6. The van der Waals surface area contributed by atoms with Gasteiger partial charge in [-0.3, -0.25) is 4.79 Å². The molecule has 4 rings (SSSR count). The highest BCUT2D eigenvalue weighted by Gasteiger charge is 2.34. The van der Waals surface area contributed by atoms with E-state index in [1.54, 1.807) is 12.1 Å². The summed E-state index contributed by atoms with van der Waals surface area (Å²) in [5, 5.41) is 14.6. The zero-order valence-electron chi connectivity index (χ0n) is 17.9. The lowest BCUT2D eigenvalue weighted by Gasteiger charge is -2.39. The van der Waals surface area contributed by atoms with E-state index in [1.165, 1.54) is 0 Å². The van der Waals surface area contributed by atoms with Crippen molar-refractivity contribution in [3.8, 4) is 11.3 Å². The Morgan fingerprint density at radius 3 is 2.61 bits per heavy atom. The fourth-order valence-corrected chi connectivity index (χ4v) is 4.57. The number of aryl methyl sites for hydroxylation is 1. The molecule has 1 amide bonds. The van der Waals surface area contributed by atoms with Crippen molar-refractivity contribution >= 4 is 21.6 Å². The smallest absolute Gasteiger partial charge is 0.264 e. The fourth-order valence-electron chi connectivity index (χ4n) is 4.12. The molecule has 0 spiro atoms. The number of nitrogens with one attached hydrogen (secondary N) is 3. The van der Waals surface area contributed by atoms with Gasteiger partial charge in [-0.2, -0.15) is 15.4 Å². The van der Waals surface area contributed by atoms with Gasteiger partial charge in [-0.15, -0.1) is 0 Å². The van der Waals surface area contributed by atoms with Crippen molar-refractivity contribution in [3.63, 3.8) is 0 Å². The van der Waals surface area contributed by atoms with Crippen LogP contribution in [0.1, 0.15) is 53.5 Å². The Hall–Kier alpha value is -3.20. The van der Waals surface area contributed by atoms with Crippen LogP contribution in [0.5, 0.6) is 0 Å². The molecular formula is C22H25N5O3S. The number of fused-ring (bicyclic) bond motifs is 1. The first-order valence-corrected chi connectivity index (χ1v) is 11.8. The lowest BCUT2D eigenvalue weighted by atomic mass is 9.73. The van der Waals surface area contributed by atoms with E-state index in [2.05, 4.69) is 46.7 Å². The zero-order valence-corrected chi connectivity index (χ0v) is 18.7. The summed E-state index contributed by atoms with van der Waals surface area (Å²) in [6.45, 7) is 6.17. The van der Waals surface area contributed by atoms with Crippen molar-refractivity contribution in [2.45, 2.75) is 38.6 Å². The van der Waals surface area contributed by atoms with E-state index in [0.29, 0.717) is 5.56 Å². The second-order valence-corrected chi connectivity index (χ2v) is 10.4. The first-order valence-electron chi connectivity index (χ1n) is 9.94. The molecule has 0 saturated carbocycles. The lowest BCUT2D eigenvalue weighted by molar-refractivity contribution is 0.0981. The Kier molecular flexibility index (Phi) is 5.09. The maximum absolute atomic E-state index is 12.3. The van der Waals surface area contributed by atoms with E-state index in [0.717, 1.165) is 46.4 Å². The fraction of sp³-hybridized carbons (Fsp3) is 0.318. The quantitative estimate of drug-likeness (QED) is 0.574. The van der Waals surface area contributed by atoms with Crippen LogP contribution in [0.3, 0.4) is 0 Å². The summed E-state index contributed by atoms with van der Waals surface area (Å²) in [6.07, 6.45) is 1.77. The summed E-state index contributed by atoms with van der Waals surface area (Å²) >= 11 is 0. The molecule has 3 aromatic rings. The molecule has 0 bridgehead atoms. The molecule has 31 heavy (non-hydrogen) atoms. The summed E-state index contributed by atoms with van der Waals surface area (Å²) in [4.78, 5) is 12.3. The monoisotopic (exact) mass is 439 g/mol. The summed E-state index contributed by atoms with van der Waals surface area (Å²) in [7, 11) is -3.62. The van der Waals surface area contributed by atoms with Crippen molar-refractivity contribution in [2.75, 3.05) is 11.6 Å². The molecule has 0 radical (unpaired) electrons. The van der Waals surface area contributed by atoms with Gasteiger partial charge in [0, 0.05) is 16.8 Å². The lowest BCUT2D eigenvalue weighted by Crippen LogP contribution is -2.33. The minimum atomic E-state index is -3.62. The number of hydrogen-bond donors (Lipinski definition) is 3. The summed E-state index contributed by atoms with van der Waals surface area (Å²) in [5.74, 6) is -0.626. The van der Waals surface area contributed by atoms with Gasteiger partial charge in [-0.05, 0) is 54.2 Å². The number of anilines is 1. The van der Waals surface area contributed by atoms with Gasteiger partial charge in [-0.1, -0.05) is 32.0 Å². The number of carbonyl (C=O) groups excluding carboxylic acids is 1.